The highest BCUT2D eigenvalue weighted by molar-refractivity contribution is 7.10. The molecule has 2 aromatic carbocycles. The number of thiophene rings is 1. The number of fused-ring (bicyclic) bond motifs is 1. The van der Waals surface area contributed by atoms with Crippen LogP contribution in [-0.4, -0.2) is 23.3 Å². The second-order valence-corrected chi connectivity index (χ2v) is 9.55. The smallest absolute Gasteiger partial charge is 0.253 e. The van der Waals surface area contributed by atoms with E-state index in [4.69, 9.17) is 0 Å². The number of nitrogens with one attached hydrogen (secondary N) is 2. The van der Waals surface area contributed by atoms with Crippen LogP contribution in [0, 0.1) is 0 Å². The van der Waals surface area contributed by atoms with Gasteiger partial charge in [-0.15, -0.1) is 11.3 Å². The van der Waals surface area contributed by atoms with Crippen LogP contribution in [0.3, 0.4) is 0 Å². The molecule has 0 atom stereocenters. The van der Waals surface area contributed by atoms with Crippen LogP contribution in [0.25, 0.3) is 0 Å². The van der Waals surface area contributed by atoms with Crippen LogP contribution in [0.1, 0.15) is 31.9 Å². The molecule has 35 heavy (non-hydrogen) atoms. The van der Waals surface area contributed by atoms with Crippen LogP contribution in [0.2, 0.25) is 0 Å². The largest absolute Gasteiger partial charge is 0.366 e. The second kappa shape index (κ2) is 10.5. The first-order chi connectivity index (χ1) is 17.2. The van der Waals surface area contributed by atoms with Crippen LogP contribution < -0.4 is 15.5 Å². The van der Waals surface area contributed by atoms with Gasteiger partial charge in [-0.1, -0.05) is 36.4 Å². The van der Waals surface area contributed by atoms with Gasteiger partial charge in [0, 0.05) is 48.3 Å². The molecule has 0 saturated heterocycles. The molecule has 0 saturated carbocycles. The fraction of sp³-hybridized carbons (Fsp3) is 0.179. The third-order valence-electron chi connectivity index (χ3n) is 6.09. The van der Waals surface area contributed by atoms with Crippen molar-refractivity contribution in [3.63, 3.8) is 0 Å². The molecule has 2 N–H and O–H groups in total. The number of hydrogen-bond acceptors (Lipinski definition) is 5. The molecule has 5 rings (SSSR count). The van der Waals surface area contributed by atoms with Crippen LogP contribution in [-0.2, 0) is 30.7 Å². The van der Waals surface area contributed by atoms with E-state index >= 15 is 0 Å². The van der Waals surface area contributed by atoms with E-state index in [0.29, 0.717) is 24.2 Å². The Labute approximate surface area is 208 Å². The van der Waals surface area contributed by atoms with Gasteiger partial charge in [-0.3, -0.25) is 14.6 Å². The van der Waals surface area contributed by atoms with E-state index < -0.39 is 0 Å². The van der Waals surface area contributed by atoms with Gasteiger partial charge in [-0.05, 0) is 58.8 Å². The number of aromatic nitrogens is 1. The standard InChI is InChI=1S/C28H26N4O2S/c33-27(16-24-8-4-14-35-24)31-23-9-10-26(32-13-11-21-6-1-2-7-22(21)19-32)25(15-23)28(34)30-18-20-5-3-12-29-17-20/h1-10,12,14-15,17H,11,13,16,18-19H2,(H,30,34)(H,31,33). The van der Waals surface area contributed by atoms with Gasteiger partial charge < -0.3 is 15.5 Å². The quantitative estimate of drug-likeness (QED) is 0.396. The lowest BCUT2D eigenvalue weighted by molar-refractivity contribution is -0.115. The summed E-state index contributed by atoms with van der Waals surface area (Å²) in [5.41, 5.74) is 5.56. The minimum Gasteiger partial charge on any atom is -0.366 e. The van der Waals surface area contributed by atoms with E-state index in [1.807, 2.05) is 41.8 Å². The van der Waals surface area contributed by atoms with Crippen molar-refractivity contribution in [2.45, 2.75) is 25.9 Å². The van der Waals surface area contributed by atoms with Crippen molar-refractivity contribution in [3.05, 3.63) is 112 Å². The van der Waals surface area contributed by atoms with Gasteiger partial charge in [0.2, 0.25) is 5.91 Å². The van der Waals surface area contributed by atoms with Crippen molar-refractivity contribution >= 4 is 34.5 Å². The van der Waals surface area contributed by atoms with Crippen LogP contribution in [0.5, 0.6) is 0 Å². The Morgan fingerprint density at radius 2 is 1.89 bits per heavy atom. The Balaban J connectivity index is 1.39. The van der Waals surface area contributed by atoms with Crippen molar-refractivity contribution in [2.24, 2.45) is 0 Å². The summed E-state index contributed by atoms with van der Waals surface area (Å²) < 4.78 is 0. The molecule has 6 nitrogen and oxygen atoms in total. The van der Waals surface area contributed by atoms with Gasteiger partial charge in [0.05, 0.1) is 12.0 Å². The number of nitrogens with zero attached hydrogens (tertiary/aromatic N) is 2. The van der Waals surface area contributed by atoms with Crippen molar-refractivity contribution in [2.75, 3.05) is 16.8 Å². The highest BCUT2D eigenvalue weighted by Gasteiger charge is 2.22. The molecule has 0 fully saturated rings. The first-order valence-corrected chi connectivity index (χ1v) is 12.5. The molecule has 0 aliphatic carbocycles. The summed E-state index contributed by atoms with van der Waals surface area (Å²) in [4.78, 5) is 33.3. The fourth-order valence-electron chi connectivity index (χ4n) is 4.33. The summed E-state index contributed by atoms with van der Waals surface area (Å²) in [5, 5.41) is 7.93. The topological polar surface area (TPSA) is 74.3 Å². The maximum atomic E-state index is 13.4. The highest BCUT2D eigenvalue weighted by atomic mass is 32.1. The lowest BCUT2D eigenvalue weighted by Gasteiger charge is -2.32. The predicted octanol–water partition coefficient (Wildman–Crippen LogP) is 4.82. The first-order valence-electron chi connectivity index (χ1n) is 11.6. The van der Waals surface area contributed by atoms with Gasteiger partial charge in [-0.2, -0.15) is 0 Å². The normalized spacial score (nSPS) is 12.6. The summed E-state index contributed by atoms with van der Waals surface area (Å²) in [6.07, 6.45) is 4.68. The maximum Gasteiger partial charge on any atom is 0.253 e. The summed E-state index contributed by atoms with van der Waals surface area (Å²) in [5.74, 6) is -0.286. The van der Waals surface area contributed by atoms with Crippen LogP contribution in [0.15, 0.2) is 84.5 Å². The molecule has 1 aliphatic heterocycles. The third kappa shape index (κ3) is 5.58. The van der Waals surface area contributed by atoms with E-state index in [1.165, 1.54) is 11.1 Å². The summed E-state index contributed by atoms with van der Waals surface area (Å²) in [6.45, 7) is 1.94. The molecule has 7 heteroatoms. The molecule has 4 aromatic rings. The molecule has 3 heterocycles. The van der Waals surface area contributed by atoms with E-state index in [0.717, 1.165) is 35.6 Å². The van der Waals surface area contributed by atoms with Crippen molar-refractivity contribution in [1.29, 1.82) is 0 Å². The molecule has 0 radical (unpaired) electrons. The zero-order valence-corrected chi connectivity index (χ0v) is 20.1. The number of hydrogen-bond donors (Lipinski definition) is 2. The lowest BCUT2D eigenvalue weighted by atomic mass is 9.98. The number of rotatable bonds is 7. The summed E-state index contributed by atoms with van der Waals surface area (Å²) >= 11 is 1.55. The van der Waals surface area contributed by atoms with Gasteiger partial charge in [0.15, 0.2) is 0 Å². The van der Waals surface area contributed by atoms with Crippen LogP contribution >= 0.6 is 11.3 Å². The summed E-state index contributed by atoms with van der Waals surface area (Å²) in [7, 11) is 0. The van der Waals surface area contributed by atoms with Gasteiger partial charge in [-0.25, -0.2) is 0 Å². The molecular weight excluding hydrogens is 456 g/mol. The average molecular weight is 483 g/mol. The fourth-order valence-corrected chi connectivity index (χ4v) is 5.03. The highest BCUT2D eigenvalue weighted by Crippen LogP contribution is 2.30. The average Bonchev–Trinajstić information content (AvgIpc) is 3.40. The zero-order chi connectivity index (χ0) is 24.0. The number of benzene rings is 2. The number of pyridine rings is 1. The SMILES string of the molecule is O=C(Cc1cccs1)Nc1ccc(N2CCc3ccccc3C2)c(C(=O)NCc2cccnc2)c1. The van der Waals surface area contributed by atoms with Crippen LogP contribution in [0.4, 0.5) is 11.4 Å². The minimum atomic E-state index is -0.183. The van der Waals surface area contributed by atoms with Crippen molar-refractivity contribution in [3.8, 4) is 0 Å². The molecule has 0 spiro atoms. The van der Waals surface area contributed by atoms with E-state index in [-0.39, 0.29) is 11.8 Å². The predicted molar refractivity (Wildman–Crippen MR) is 140 cm³/mol. The van der Waals surface area contributed by atoms with Gasteiger partial charge in [0.25, 0.3) is 5.91 Å². The molecule has 0 bridgehead atoms. The van der Waals surface area contributed by atoms with Crippen molar-refractivity contribution < 1.29 is 9.59 Å². The molecule has 0 unspecified atom stereocenters. The Kier molecular flexibility index (Phi) is 6.86. The number of carbonyl (C=O) groups is 2. The number of amides is 2. The van der Waals surface area contributed by atoms with Crippen molar-refractivity contribution in [1.82, 2.24) is 10.3 Å². The van der Waals surface area contributed by atoms with E-state index in [9.17, 15) is 9.59 Å². The third-order valence-corrected chi connectivity index (χ3v) is 6.96. The minimum absolute atomic E-state index is 0.103. The monoisotopic (exact) mass is 482 g/mol. The zero-order valence-electron chi connectivity index (χ0n) is 19.2. The second-order valence-electron chi connectivity index (χ2n) is 8.52. The van der Waals surface area contributed by atoms with Gasteiger partial charge in [0.1, 0.15) is 0 Å². The van der Waals surface area contributed by atoms with Gasteiger partial charge >= 0.3 is 0 Å². The molecule has 176 valence electrons. The Morgan fingerprint density at radius 3 is 2.69 bits per heavy atom. The lowest BCUT2D eigenvalue weighted by Crippen LogP contribution is -2.33. The first kappa shape index (κ1) is 22.8. The molecule has 1 aliphatic rings. The number of anilines is 2. The number of carbonyl (C=O) groups excluding carboxylic acids is 2. The molecule has 2 amide bonds. The Hall–Kier alpha value is -3.97. The summed E-state index contributed by atoms with van der Waals surface area (Å²) in [6, 6.07) is 21.7. The Morgan fingerprint density at radius 1 is 1.00 bits per heavy atom. The maximum absolute atomic E-state index is 13.4. The van der Waals surface area contributed by atoms with E-state index in [2.05, 4.69) is 44.8 Å². The Bertz CT molecular complexity index is 1320. The van der Waals surface area contributed by atoms with E-state index in [1.54, 1.807) is 29.8 Å². The molecular formula is C28H26N4O2S. The molecule has 2 aromatic heterocycles.